The molecule has 0 aliphatic carbocycles. The number of nitrogens with zero attached hydrogens (tertiary/aromatic N) is 2. The van der Waals surface area contributed by atoms with Crippen LogP contribution in [0.4, 0.5) is 0 Å². The number of nitrogens with one attached hydrogen (secondary N) is 1. The Morgan fingerprint density at radius 2 is 1.90 bits per heavy atom. The summed E-state index contributed by atoms with van der Waals surface area (Å²) in [5, 5.41) is 3.60. The molecule has 0 aliphatic heterocycles. The van der Waals surface area contributed by atoms with E-state index in [0.29, 0.717) is 6.04 Å². The molecule has 3 heteroatoms. The summed E-state index contributed by atoms with van der Waals surface area (Å²) in [5.74, 6) is 1.17. The third-order valence-electron chi connectivity index (χ3n) is 3.75. The summed E-state index contributed by atoms with van der Waals surface area (Å²) in [6.07, 6.45) is 8.39. The van der Waals surface area contributed by atoms with Gasteiger partial charge in [-0.1, -0.05) is 37.3 Å². The molecule has 108 valence electrons. The maximum absolute atomic E-state index is 4.40. The first kappa shape index (κ1) is 14.8. The van der Waals surface area contributed by atoms with E-state index < -0.39 is 0 Å². The van der Waals surface area contributed by atoms with E-state index in [9.17, 15) is 0 Å². The highest BCUT2D eigenvalue weighted by Crippen LogP contribution is 2.10. The van der Waals surface area contributed by atoms with E-state index in [4.69, 9.17) is 0 Å². The van der Waals surface area contributed by atoms with Crippen LogP contribution >= 0.6 is 0 Å². The molecule has 0 bridgehead atoms. The Hall–Kier alpha value is -1.61. The summed E-state index contributed by atoms with van der Waals surface area (Å²) >= 11 is 0. The maximum atomic E-state index is 4.40. The van der Waals surface area contributed by atoms with E-state index in [2.05, 4.69) is 59.2 Å². The van der Waals surface area contributed by atoms with Crippen LogP contribution in [0.25, 0.3) is 0 Å². The van der Waals surface area contributed by atoms with Gasteiger partial charge in [0.25, 0.3) is 0 Å². The van der Waals surface area contributed by atoms with Gasteiger partial charge in [-0.2, -0.15) is 0 Å². The lowest BCUT2D eigenvalue weighted by Crippen LogP contribution is -2.30. The van der Waals surface area contributed by atoms with Gasteiger partial charge in [-0.05, 0) is 31.4 Å². The van der Waals surface area contributed by atoms with Crippen molar-refractivity contribution in [3.05, 3.63) is 54.1 Å². The molecule has 1 N–H and O–H groups in total. The Kier molecular flexibility index (Phi) is 5.81. The van der Waals surface area contributed by atoms with E-state index in [0.717, 1.165) is 25.8 Å². The highest BCUT2D eigenvalue weighted by Gasteiger charge is 2.09. The summed E-state index contributed by atoms with van der Waals surface area (Å²) in [6.45, 7) is 3.20. The van der Waals surface area contributed by atoms with Crippen molar-refractivity contribution in [1.82, 2.24) is 14.9 Å². The van der Waals surface area contributed by atoms with Crippen LogP contribution in [0.15, 0.2) is 42.7 Å². The predicted octanol–water partition coefficient (Wildman–Crippen LogP) is 2.96. The van der Waals surface area contributed by atoms with Gasteiger partial charge in [0.15, 0.2) is 0 Å². The minimum Gasteiger partial charge on any atom is -0.338 e. The van der Waals surface area contributed by atoms with Crippen LogP contribution in [-0.2, 0) is 19.9 Å². The molecular formula is C17H25N3. The summed E-state index contributed by atoms with van der Waals surface area (Å²) in [5.41, 5.74) is 1.42. The molecule has 0 fully saturated rings. The average molecular weight is 271 g/mol. The first-order chi connectivity index (χ1) is 9.79. The van der Waals surface area contributed by atoms with Gasteiger partial charge in [0.2, 0.25) is 0 Å². The molecule has 0 spiro atoms. The van der Waals surface area contributed by atoms with Crippen LogP contribution in [0.2, 0.25) is 0 Å². The van der Waals surface area contributed by atoms with Crippen LogP contribution in [0.5, 0.6) is 0 Å². The maximum Gasteiger partial charge on any atom is 0.108 e. The molecule has 0 saturated heterocycles. The van der Waals surface area contributed by atoms with E-state index in [1.807, 2.05) is 12.4 Å². The van der Waals surface area contributed by atoms with Gasteiger partial charge in [0.1, 0.15) is 5.82 Å². The number of aryl methyl sites for hydroxylation is 3. The molecule has 1 atom stereocenters. The highest BCUT2D eigenvalue weighted by molar-refractivity contribution is 5.14. The average Bonchev–Trinajstić information content (AvgIpc) is 2.88. The van der Waals surface area contributed by atoms with Gasteiger partial charge < -0.3 is 9.88 Å². The number of aromatic nitrogens is 2. The van der Waals surface area contributed by atoms with Crippen molar-refractivity contribution in [2.45, 2.75) is 38.6 Å². The monoisotopic (exact) mass is 271 g/mol. The van der Waals surface area contributed by atoms with Crippen LogP contribution in [0, 0.1) is 0 Å². The first-order valence-electron chi connectivity index (χ1n) is 7.53. The molecule has 1 aromatic carbocycles. The molecule has 1 heterocycles. The molecule has 2 rings (SSSR count). The normalized spacial score (nSPS) is 12.5. The van der Waals surface area contributed by atoms with Crippen LogP contribution < -0.4 is 5.32 Å². The molecule has 1 aromatic heterocycles. The van der Waals surface area contributed by atoms with Crippen molar-refractivity contribution >= 4 is 0 Å². The summed E-state index contributed by atoms with van der Waals surface area (Å²) < 4.78 is 2.11. The first-order valence-corrected chi connectivity index (χ1v) is 7.53. The number of imidazole rings is 1. The minimum absolute atomic E-state index is 0.567. The van der Waals surface area contributed by atoms with E-state index in [1.54, 1.807) is 0 Å². The fourth-order valence-electron chi connectivity index (χ4n) is 2.56. The molecule has 1 unspecified atom stereocenters. The Balaban J connectivity index is 1.82. The summed E-state index contributed by atoms with van der Waals surface area (Å²) in [7, 11) is 2.06. The second kappa shape index (κ2) is 7.85. The Morgan fingerprint density at radius 1 is 1.15 bits per heavy atom. The Labute approximate surface area is 122 Å². The largest absolute Gasteiger partial charge is 0.338 e. The van der Waals surface area contributed by atoms with Crippen LogP contribution in [-0.4, -0.2) is 22.1 Å². The van der Waals surface area contributed by atoms with Gasteiger partial charge in [-0.15, -0.1) is 0 Å². The lowest BCUT2D eigenvalue weighted by molar-refractivity contribution is 0.458. The Bertz CT molecular complexity index is 490. The quantitative estimate of drug-likeness (QED) is 0.800. The zero-order valence-corrected chi connectivity index (χ0v) is 12.5. The standard InChI is InChI=1S/C17H25N3/c1-3-18-16(10-9-15-7-5-4-6-8-15)11-12-17-19-13-14-20(17)2/h4-8,13-14,16,18H,3,9-12H2,1-2H3. The van der Waals surface area contributed by atoms with Crippen molar-refractivity contribution in [2.75, 3.05) is 6.54 Å². The fraction of sp³-hybridized carbons (Fsp3) is 0.471. The summed E-state index contributed by atoms with van der Waals surface area (Å²) in [6, 6.07) is 11.3. The molecule has 20 heavy (non-hydrogen) atoms. The molecule has 0 saturated carbocycles. The van der Waals surface area contributed by atoms with Crippen molar-refractivity contribution in [3.63, 3.8) is 0 Å². The minimum atomic E-state index is 0.567. The van der Waals surface area contributed by atoms with Gasteiger partial charge in [-0.25, -0.2) is 4.98 Å². The topological polar surface area (TPSA) is 29.9 Å². The number of hydrogen-bond acceptors (Lipinski definition) is 2. The second-order valence-corrected chi connectivity index (χ2v) is 5.27. The zero-order valence-electron chi connectivity index (χ0n) is 12.5. The molecule has 0 radical (unpaired) electrons. The van der Waals surface area contributed by atoms with E-state index >= 15 is 0 Å². The van der Waals surface area contributed by atoms with Crippen molar-refractivity contribution in [2.24, 2.45) is 7.05 Å². The number of benzene rings is 1. The third kappa shape index (κ3) is 4.49. The fourth-order valence-corrected chi connectivity index (χ4v) is 2.56. The molecule has 0 aliphatic rings. The van der Waals surface area contributed by atoms with Crippen LogP contribution in [0.1, 0.15) is 31.2 Å². The zero-order chi connectivity index (χ0) is 14.2. The van der Waals surface area contributed by atoms with Crippen molar-refractivity contribution in [1.29, 1.82) is 0 Å². The molecule has 2 aromatic rings. The van der Waals surface area contributed by atoms with E-state index in [-0.39, 0.29) is 0 Å². The predicted molar refractivity (Wildman–Crippen MR) is 83.8 cm³/mol. The molecule has 3 nitrogen and oxygen atoms in total. The van der Waals surface area contributed by atoms with Gasteiger partial charge >= 0.3 is 0 Å². The highest BCUT2D eigenvalue weighted by atomic mass is 15.0. The van der Waals surface area contributed by atoms with Crippen LogP contribution in [0.3, 0.4) is 0 Å². The van der Waals surface area contributed by atoms with Gasteiger partial charge in [-0.3, -0.25) is 0 Å². The third-order valence-corrected chi connectivity index (χ3v) is 3.75. The lowest BCUT2D eigenvalue weighted by atomic mass is 10.0. The lowest BCUT2D eigenvalue weighted by Gasteiger charge is -2.17. The summed E-state index contributed by atoms with van der Waals surface area (Å²) in [4.78, 5) is 4.40. The van der Waals surface area contributed by atoms with Gasteiger partial charge in [0, 0.05) is 31.9 Å². The molecule has 0 amide bonds. The Morgan fingerprint density at radius 3 is 2.55 bits per heavy atom. The number of hydrogen-bond donors (Lipinski definition) is 1. The second-order valence-electron chi connectivity index (χ2n) is 5.27. The van der Waals surface area contributed by atoms with Crippen molar-refractivity contribution < 1.29 is 0 Å². The molecular weight excluding hydrogens is 246 g/mol. The number of rotatable bonds is 8. The SMILES string of the molecule is CCNC(CCc1ccccc1)CCc1nccn1C. The van der Waals surface area contributed by atoms with Crippen molar-refractivity contribution in [3.8, 4) is 0 Å². The van der Waals surface area contributed by atoms with Gasteiger partial charge in [0.05, 0.1) is 0 Å². The van der Waals surface area contributed by atoms with E-state index in [1.165, 1.54) is 17.8 Å². The smallest absolute Gasteiger partial charge is 0.108 e.